The van der Waals surface area contributed by atoms with E-state index in [4.69, 9.17) is 0 Å². The summed E-state index contributed by atoms with van der Waals surface area (Å²) in [6.07, 6.45) is 4.27. The summed E-state index contributed by atoms with van der Waals surface area (Å²) >= 11 is 0. The highest BCUT2D eigenvalue weighted by molar-refractivity contribution is 7.89. The van der Waals surface area contributed by atoms with Crippen molar-refractivity contribution < 1.29 is 8.42 Å². The lowest BCUT2D eigenvalue weighted by molar-refractivity contribution is 0.401. The number of rotatable bonds is 7. The van der Waals surface area contributed by atoms with Crippen molar-refractivity contribution in [2.75, 3.05) is 18.4 Å². The predicted octanol–water partition coefficient (Wildman–Crippen LogP) is 2.08. The monoisotopic (exact) mass is 283 g/mol. The average molecular weight is 283 g/mol. The van der Waals surface area contributed by atoms with E-state index >= 15 is 0 Å². The van der Waals surface area contributed by atoms with Gasteiger partial charge in [-0.3, -0.25) is 0 Å². The summed E-state index contributed by atoms with van der Waals surface area (Å²) in [7, 11) is -3.49. The Bertz CT molecular complexity index is 526. The van der Waals surface area contributed by atoms with Crippen molar-refractivity contribution in [3.05, 3.63) is 18.3 Å². The number of nitrogens with zero attached hydrogens (tertiary/aromatic N) is 2. The molecule has 1 aromatic rings. The molecule has 0 aliphatic heterocycles. The molecule has 1 saturated carbocycles. The van der Waals surface area contributed by atoms with Crippen molar-refractivity contribution in [3.8, 4) is 0 Å². The van der Waals surface area contributed by atoms with Gasteiger partial charge in [-0.2, -0.15) is 4.31 Å². The van der Waals surface area contributed by atoms with Gasteiger partial charge in [0.1, 0.15) is 0 Å². The van der Waals surface area contributed by atoms with Crippen molar-refractivity contribution >= 4 is 15.7 Å². The molecule has 0 bridgehead atoms. The van der Waals surface area contributed by atoms with Crippen LogP contribution >= 0.6 is 0 Å². The minimum atomic E-state index is -3.49. The molecule has 0 amide bonds. The zero-order valence-corrected chi connectivity index (χ0v) is 12.3. The van der Waals surface area contributed by atoms with E-state index in [0.717, 1.165) is 19.3 Å². The number of aromatic nitrogens is 1. The van der Waals surface area contributed by atoms with Gasteiger partial charge < -0.3 is 5.32 Å². The molecule has 6 heteroatoms. The van der Waals surface area contributed by atoms with E-state index in [2.05, 4.69) is 10.3 Å². The van der Waals surface area contributed by atoms with Crippen LogP contribution in [0.4, 0.5) is 5.69 Å². The SMILES string of the molecule is CCCN(C1CC1)S(=O)(=O)c1ncccc1NCC. The number of anilines is 1. The number of hydrogen-bond acceptors (Lipinski definition) is 4. The van der Waals surface area contributed by atoms with Gasteiger partial charge in [0.05, 0.1) is 5.69 Å². The lowest BCUT2D eigenvalue weighted by Crippen LogP contribution is -2.34. The molecule has 0 spiro atoms. The number of pyridine rings is 1. The summed E-state index contributed by atoms with van der Waals surface area (Å²) in [5, 5.41) is 3.22. The second-order valence-corrected chi connectivity index (χ2v) is 6.54. The fraction of sp³-hybridized carbons (Fsp3) is 0.615. The average Bonchev–Trinajstić information content (AvgIpc) is 3.21. The van der Waals surface area contributed by atoms with Crippen molar-refractivity contribution in [1.29, 1.82) is 0 Å². The van der Waals surface area contributed by atoms with Crippen LogP contribution in [0.3, 0.4) is 0 Å². The van der Waals surface area contributed by atoms with Crippen LogP contribution in [-0.2, 0) is 10.0 Å². The summed E-state index contributed by atoms with van der Waals surface area (Å²) in [5.41, 5.74) is 0.590. The highest BCUT2D eigenvalue weighted by Crippen LogP contribution is 2.33. The minimum Gasteiger partial charge on any atom is -0.383 e. The van der Waals surface area contributed by atoms with E-state index in [9.17, 15) is 8.42 Å². The van der Waals surface area contributed by atoms with Gasteiger partial charge in [-0.1, -0.05) is 6.92 Å². The molecule has 1 aliphatic rings. The van der Waals surface area contributed by atoms with Crippen LogP contribution < -0.4 is 5.32 Å². The maximum Gasteiger partial charge on any atom is 0.262 e. The Morgan fingerprint density at radius 1 is 1.42 bits per heavy atom. The van der Waals surface area contributed by atoms with Crippen molar-refractivity contribution in [2.24, 2.45) is 0 Å². The Morgan fingerprint density at radius 3 is 2.74 bits per heavy atom. The smallest absolute Gasteiger partial charge is 0.262 e. The molecule has 1 heterocycles. The molecular weight excluding hydrogens is 262 g/mol. The molecule has 106 valence electrons. The summed E-state index contributed by atoms with van der Waals surface area (Å²) < 4.78 is 27.1. The van der Waals surface area contributed by atoms with Crippen molar-refractivity contribution in [3.63, 3.8) is 0 Å². The molecule has 0 unspecified atom stereocenters. The highest BCUT2D eigenvalue weighted by Gasteiger charge is 2.39. The Kier molecular flexibility index (Phi) is 4.42. The van der Waals surface area contributed by atoms with Gasteiger partial charge >= 0.3 is 0 Å². The van der Waals surface area contributed by atoms with Gasteiger partial charge in [-0.25, -0.2) is 13.4 Å². The molecule has 1 aliphatic carbocycles. The first-order valence-electron chi connectivity index (χ1n) is 6.82. The van der Waals surface area contributed by atoms with Gasteiger partial charge in [0.15, 0.2) is 5.03 Å². The van der Waals surface area contributed by atoms with E-state index in [0.29, 0.717) is 18.8 Å². The van der Waals surface area contributed by atoms with Gasteiger partial charge in [-0.05, 0) is 38.3 Å². The van der Waals surface area contributed by atoms with Crippen LogP contribution in [0.2, 0.25) is 0 Å². The van der Waals surface area contributed by atoms with Crippen LogP contribution in [0.1, 0.15) is 33.1 Å². The van der Waals surface area contributed by atoms with E-state index in [1.807, 2.05) is 13.8 Å². The molecule has 19 heavy (non-hydrogen) atoms. The summed E-state index contributed by atoms with van der Waals surface area (Å²) in [4.78, 5) is 4.09. The Balaban J connectivity index is 2.37. The second kappa shape index (κ2) is 5.88. The first-order chi connectivity index (χ1) is 9.11. The molecule has 1 fully saturated rings. The maximum atomic E-state index is 12.7. The van der Waals surface area contributed by atoms with E-state index in [1.165, 1.54) is 6.20 Å². The number of hydrogen-bond donors (Lipinski definition) is 1. The third-order valence-corrected chi connectivity index (χ3v) is 5.00. The first kappa shape index (κ1) is 14.3. The second-order valence-electron chi connectivity index (χ2n) is 4.73. The zero-order chi connectivity index (χ0) is 13.9. The lowest BCUT2D eigenvalue weighted by atomic mass is 10.4. The van der Waals surface area contributed by atoms with Gasteiger partial charge in [0.25, 0.3) is 10.0 Å². The summed E-state index contributed by atoms with van der Waals surface area (Å²) in [6, 6.07) is 3.68. The molecule has 0 atom stereocenters. The van der Waals surface area contributed by atoms with Crippen molar-refractivity contribution in [1.82, 2.24) is 9.29 Å². The third kappa shape index (κ3) is 3.06. The first-order valence-corrected chi connectivity index (χ1v) is 8.26. The largest absolute Gasteiger partial charge is 0.383 e. The standard InChI is InChI=1S/C13H21N3O2S/c1-3-10-16(11-7-8-11)19(17,18)13-12(14-4-2)6-5-9-15-13/h5-6,9,11,14H,3-4,7-8,10H2,1-2H3. The van der Waals surface area contributed by atoms with Gasteiger partial charge in [0, 0.05) is 25.3 Å². The molecule has 0 saturated heterocycles. The fourth-order valence-electron chi connectivity index (χ4n) is 2.11. The molecular formula is C13H21N3O2S. The summed E-state index contributed by atoms with van der Waals surface area (Å²) in [5.74, 6) is 0. The summed E-state index contributed by atoms with van der Waals surface area (Å²) in [6.45, 7) is 5.17. The maximum absolute atomic E-state index is 12.7. The van der Waals surface area contributed by atoms with E-state index < -0.39 is 10.0 Å². The minimum absolute atomic E-state index is 0.150. The van der Waals surface area contributed by atoms with Crippen LogP contribution in [0.5, 0.6) is 0 Å². The van der Waals surface area contributed by atoms with E-state index in [-0.39, 0.29) is 11.1 Å². The molecule has 2 rings (SSSR count). The number of nitrogens with one attached hydrogen (secondary N) is 1. The normalized spacial score (nSPS) is 15.7. The highest BCUT2D eigenvalue weighted by atomic mass is 32.2. The van der Waals surface area contributed by atoms with Crippen LogP contribution in [0.25, 0.3) is 0 Å². The molecule has 0 radical (unpaired) electrons. The predicted molar refractivity (Wildman–Crippen MR) is 75.6 cm³/mol. The molecule has 5 nitrogen and oxygen atoms in total. The Hall–Kier alpha value is -1.14. The lowest BCUT2D eigenvalue weighted by Gasteiger charge is -2.22. The van der Waals surface area contributed by atoms with Crippen LogP contribution in [0.15, 0.2) is 23.4 Å². The quantitative estimate of drug-likeness (QED) is 0.832. The van der Waals surface area contributed by atoms with Crippen LogP contribution in [0, 0.1) is 0 Å². The van der Waals surface area contributed by atoms with Crippen molar-refractivity contribution in [2.45, 2.75) is 44.2 Å². The molecule has 0 aromatic carbocycles. The number of sulfonamides is 1. The van der Waals surface area contributed by atoms with Gasteiger partial charge in [-0.15, -0.1) is 0 Å². The Morgan fingerprint density at radius 2 is 2.16 bits per heavy atom. The Labute approximate surface area is 115 Å². The molecule has 1 N–H and O–H groups in total. The topological polar surface area (TPSA) is 62.3 Å². The van der Waals surface area contributed by atoms with Crippen LogP contribution in [-0.4, -0.2) is 36.8 Å². The van der Waals surface area contributed by atoms with Gasteiger partial charge in [0.2, 0.25) is 0 Å². The van der Waals surface area contributed by atoms with E-state index in [1.54, 1.807) is 16.4 Å². The third-order valence-electron chi connectivity index (χ3n) is 3.09. The zero-order valence-electron chi connectivity index (χ0n) is 11.5. The fourth-order valence-corrected chi connectivity index (χ4v) is 3.97. The molecule has 1 aromatic heterocycles.